The maximum absolute atomic E-state index is 13.5. The van der Waals surface area contributed by atoms with E-state index < -0.39 is 23.1 Å². The summed E-state index contributed by atoms with van der Waals surface area (Å²) in [6, 6.07) is 3.20. The van der Waals surface area contributed by atoms with Gasteiger partial charge in [-0.15, -0.1) is 0 Å². The van der Waals surface area contributed by atoms with Gasteiger partial charge >= 0.3 is 5.97 Å². The summed E-state index contributed by atoms with van der Waals surface area (Å²) in [5.74, 6) is -2.14. The quantitative estimate of drug-likeness (QED) is 0.832. The highest BCUT2D eigenvalue weighted by molar-refractivity contribution is 5.77. The minimum absolute atomic E-state index is 0.0926. The van der Waals surface area contributed by atoms with Crippen molar-refractivity contribution in [3.63, 3.8) is 0 Å². The molecule has 7 heteroatoms. The third-order valence-electron chi connectivity index (χ3n) is 4.11. The van der Waals surface area contributed by atoms with Crippen LogP contribution in [0.3, 0.4) is 0 Å². The molecule has 1 amide bonds. The lowest BCUT2D eigenvalue weighted by atomic mass is 10.0. The van der Waals surface area contributed by atoms with E-state index in [1.807, 2.05) is 6.92 Å². The van der Waals surface area contributed by atoms with Crippen LogP contribution in [-0.4, -0.2) is 47.1 Å². The zero-order chi connectivity index (χ0) is 17.0. The summed E-state index contributed by atoms with van der Waals surface area (Å²) in [7, 11) is 0. The Morgan fingerprint density at radius 2 is 2.13 bits per heavy atom. The largest absolute Gasteiger partial charge is 0.480 e. The Morgan fingerprint density at radius 3 is 2.83 bits per heavy atom. The van der Waals surface area contributed by atoms with E-state index in [-0.39, 0.29) is 30.9 Å². The van der Waals surface area contributed by atoms with Crippen LogP contribution in [0.4, 0.5) is 8.78 Å². The molecule has 0 aromatic heterocycles. The van der Waals surface area contributed by atoms with E-state index in [1.165, 1.54) is 0 Å². The van der Waals surface area contributed by atoms with Gasteiger partial charge in [0, 0.05) is 25.0 Å². The SMILES string of the molecule is C[C@@]1(NCC(=O)O)CCN(C(=O)CCc2cc(F)ccc2F)C1. The fraction of sp³-hybridized carbons (Fsp3) is 0.500. The fourth-order valence-corrected chi connectivity index (χ4v) is 2.74. The molecule has 1 aromatic rings. The molecular weight excluding hydrogens is 306 g/mol. The van der Waals surface area contributed by atoms with Crippen LogP contribution in [0.2, 0.25) is 0 Å². The predicted molar refractivity (Wildman–Crippen MR) is 79.9 cm³/mol. The van der Waals surface area contributed by atoms with E-state index in [2.05, 4.69) is 5.32 Å². The third-order valence-corrected chi connectivity index (χ3v) is 4.11. The van der Waals surface area contributed by atoms with Gasteiger partial charge in [0.1, 0.15) is 11.6 Å². The summed E-state index contributed by atoms with van der Waals surface area (Å²) < 4.78 is 26.6. The highest BCUT2D eigenvalue weighted by Crippen LogP contribution is 2.22. The van der Waals surface area contributed by atoms with Gasteiger partial charge < -0.3 is 10.0 Å². The zero-order valence-corrected chi connectivity index (χ0v) is 12.9. The first-order valence-corrected chi connectivity index (χ1v) is 7.48. The minimum Gasteiger partial charge on any atom is -0.480 e. The molecule has 0 saturated carbocycles. The molecule has 0 unspecified atom stereocenters. The van der Waals surface area contributed by atoms with Crippen molar-refractivity contribution in [2.24, 2.45) is 0 Å². The molecule has 0 radical (unpaired) electrons. The van der Waals surface area contributed by atoms with Gasteiger partial charge in [-0.1, -0.05) is 0 Å². The lowest BCUT2D eigenvalue weighted by molar-refractivity contribution is -0.136. The molecule has 0 bridgehead atoms. The molecular formula is C16H20F2N2O3. The number of carboxylic acid groups (broad SMARTS) is 1. The number of hydrogen-bond donors (Lipinski definition) is 2. The van der Waals surface area contributed by atoms with Crippen molar-refractivity contribution < 1.29 is 23.5 Å². The number of amides is 1. The summed E-state index contributed by atoms with van der Waals surface area (Å²) in [6.07, 6.45) is 0.883. The Bertz CT molecular complexity index is 609. The molecule has 5 nitrogen and oxygen atoms in total. The van der Waals surface area contributed by atoms with E-state index in [0.717, 1.165) is 18.2 Å². The summed E-state index contributed by atoms with van der Waals surface area (Å²) in [5.41, 5.74) is -0.248. The second-order valence-corrected chi connectivity index (χ2v) is 6.11. The number of aliphatic carboxylic acids is 1. The second kappa shape index (κ2) is 7.04. The number of carboxylic acids is 1. The Kier molecular flexibility index (Phi) is 5.30. The summed E-state index contributed by atoms with van der Waals surface area (Å²) in [6.45, 7) is 2.64. The Morgan fingerprint density at radius 1 is 1.39 bits per heavy atom. The normalized spacial score (nSPS) is 20.7. The van der Waals surface area contributed by atoms with Crippen molar-refractivity contribution in [2.75, 3.05) is 19.6 Å². The van der Waals surface area contributed by atoms with E-state index in [9.17, 15) is 18.4 Å². The smallest absolute Gasteiger partial charge is 0.317 e. The van der Waals surface area contributed by atoms with Gasteiger partial charge in [0.05, 0.1) is 6.54 Å². The molecule has 0 spiro atoms. The number of nitrogens with one attached hydrogen (secondary N) is 1. The molecule has 1 heterocycles. The molecule has 126 valence electrons. The van der Waals surface area contributed by atoms with E-state index >= 15 is 0 Å². The second-order valence-electron chi connectivity index (χ2n) is 6.11. The van der Waals surface area contributed by atoms with Gasteiger partial charge in [-0.3, -0.25) is 14.9 Å². The van der Waals surface area contributed by atoms with E-state index in [1.54, 1.807) is 4.90 Å². The first-order valence-electron chi connectivity index (χ1n) is 7.48. The van der Waals surface area contributed by atoms with Crippen LogP contribution in [-0.2, 0) is 16.0 Å². The number of rotatable bonds is 6. The number of nitrogens with zero attached hydrogens (tertiary/aromatic N) is 1. The highest BCUT2D eigenvalue weighted by Gasteiger charge is 2.35. The van der Waals surface area contributed by atoms with Crippen molar-refractivity contribution in [3.8, 4) is 0 Å². The number of halogens is 2. The van der Waals surface area contributed by atoms with Crippen LogP contribution in [0.15, 0.2) is 18.2 Å². The van der Waals surface area contributed by atoms with Crippen LogP contribution in [0, 0.1) is 11.6 Å². The number of hydrogen-bond acceptors (Lipinski definition) is 3. The molecule has 1 fully saturated rings. The maximum Gasteiger partial charge on any atom is 0.317 e. The molecule has 1 aliphatic heterocycles. The molecule has 1 aliphatic rings. The van der Waals surface area contributed by atoms with Crippen LogP contribution < -0.4 is 5.32 Å². The van der Waals surface area contributed by atoms with Crippen LogP contribution >= 0.6 is 0 Å². The van der Waals surface area contributed by atoms with Gasteiger partial charge in [-0.2, -0.15) is 0 Å². The van der Waals surface area contributed by atoms with Gasteiger partial charge in [-0.05, 0) is 43.5 Å². The Labute approximate surface area is 133 Å². The predicted octanol–water partition coefficient (Wildman–Crippen LogP) is 1.56. The topological polar surface area (TPSA) is 69.6 Å². The molecule has 23 heavy (non-hydrogen) atoms. The molecule has 1 aromatic carbocycles. The van der Waals surface area contributed by atoms with Crippen molar-refractivity contribution in [3.05, 3.63) is 35.4 Å². The Balaban J connectivity index is 1.87. The summed E-state index contributed by atoms with van der Waals surface area (Å²) in [5, 5.41) is 11.6. The molecule has 2 rings (SSSR count). The zero-order valence-electron chi connectivity index (χ0n) is 12.9. The summed E-state index contributed by atoms with van der Waals surface area (Å²) >= 11 is 0. The lowest BCUT2D eigenvalue weighted by Crippen LogP contribution is -2.47. The monoisotopic (exact) mass is 326 g/mol. The summed E-state index contributed by atoms with van der Waals surface area (Å²) in [4.78, 5) is 24.5. The van der Waals surface area contributed by atoms with Crippen molar-refractivity contribution in [1.29, 1.82) is 0 Å². The van der Waals surface area contributed by atoms with Crippen molar-refractivity contribution in [2.45, 2.75) is 31.7 Å². The minimum atomic E-state index is -0.947. The van der Waals surface area contributed by atoms with Gasteiger partial charge in [0.15, 0.2) is 0 Å². The number of carbonyl (C=O) groups excluding carboxylic acids is 1. The van der Waals surface area contributed by atoms with Crippen LogP contribution in [0.5, 0.6) is 0 Å². The number of benzene rings is 1. The van der Waals surface area contributed by atoms with Crippen LogP contribution in [0.25, 0.3) is 0 Å². The number of carbonyl (C=O) groups is 2. The van der Waals surface area contributed by atoms with Crippen molar-refractivity contribution >= 4 is 11.9 Å². The highest BCUT2D eigenvalue weighted by atomic mass is 19.1. The lowest BCUT2D eigenvalue weighted by Gasteiger charge is -2.25. The van der Waals surface area contributed by atoms with Gasteiger partial charge in [-0.25, -0.2) is 8.78 Å². The number of aryl methyl sites for hydroxylation is 1. The molecule has 0 aliphatic carbocycles. The first kappa shape index (κ1) is 17.3. The first-order chi connectivity index (χ1) is 10.8. The van der Waals surface area contributed by atoms with E-state index in [0.29, 0.717) is 19.5 Å². The number of likely N-dealkylation sites (tertiary alicyclic amines) is 1. The maximum atomic E-state index is 13.5. The van der Waals surface area contributed by atoms with Crippen LogP contribution in [0.1, 0.15) is 25.3 Å². The third kappa shape index (κ3) is 4.72. The fourth-order valence-electron chi connectivity index (χ4n) is 2.74. The van der Waals surface area contributed by atoms with Gasteiger partial charge in [0.25, 0.3) is 0 Å². The standard InChI is InChI=1S/C16H20F2N2O3/c1-16(19-9-15(22)23)6-7-20(10-16)14(21)5-2-11-8-12(17)3-4-13(11)18/h3-4,8,19H,2,5-7,9-10H2,1H3,(H,22,23)/t16-/m1/s1. The molecule has 1 atom stereocenters. The average Bonchev–Trinajstić information content (AvgIpc) is 2.89. The van der Waals surface area contributed by atoms with Gasteiger partial charge in [0.2, 0.25) is 5.91 Å². The van der Waals surface area contributed by atoms with E-state index in [4.69, 9.17) is 5.11 Å². The van der Waals surface area contributed by atoms with Crippen molar-refractivity contribution in [1.82, 2.24) is 10.2 Å². The Hall–Kier alpha value is -2.02. The molecule has 2 N–H and O–H groups in total. The average molecular weight is 326 g/mol. The molecule has 1 saturated heterocycles.